The number of nitrogens with one attached hydrogen (secondary N) is 1. The molecule has 2 heterocycles. The third-order valence-electron chi connectivity index (χ3n) is 2.77. The van der Waals surface area contributed by atoms with Crippen molar-refractivity contribution in [1.82, 2.24) is 10.3 Å². The van der Waals surface area contributed by atoms with E-state index in [0.717, 1.165) is 21.6 Å². The maximum atomic E-state index is 9.47. The van der Waals surface area contributed by atoms with Crippen LogP contribution < -0.4 is 5.32 Å². The maximum absolute atomic E-state index is 9.47. The number of aliphatic hydroxyl groups is 1. The van der Waals surface area contributed by atoms with Gasteiger partial charge in [-0.15, -0.1) is 11.3 Å². The second-order valence-corrected chi connectivity index (χ2v) is 5.51. The molecule has 3 nitrogen and oxygen atoms in total. The summed E-state index contributed by atoms with van der Waals surface area (Å²) in [5.41, 5.74) is 0.940. The van der Waals surface area contributed by atoms with Crippen molar-refractivity contribution in [2.75, 3.05) is 6.54 Å². The number of aromatic nitrogens is 1. The molecular formula is C11H11ClN2OS. The van der Waals surface area contributed by atoms with Crippen molar-refractivity contribution in [2.24, 2.45) is 0 Å². The Kier molecular flexibility index (Phi) is 2.59. The number of halogens is 1. The maximum Gasteiger partial charge on any atom is 0.111 e. The van der Waals surface area contributed by atoms with Crippen LogP contribution in [0.5, 0.6) is 0 Å². The van der Waals surface area contributed by atoms with Crippen LogP contribution in [0.15, 0.2) is 18.2 Å². The Bertz CT molecular complexity index is 528. The number of β-amino-alcohol motifs (C(OH)–C–C–N with tert-alkyl or cyclic N) is 1. The van der Waals surface area contributed by atoms with E-state index in [4.69, 9.17) is 11.6 Å². The van der Waals surface area contributed by atoms with Gasteiger partial charge in [-0.05, 0) is 24.6 Å². The van der Waals surface area contributed by atoms with Gasteiger partial charge in [-0.1, -0.05) is 11.6 Å². The van der Waals surface area contributed by atoms with Crippen LogP contribution in [-0.4, -0.2) is 22.7 Å². The molecule has 0 saturated carbocycles. The zero-order chi connectivity index (χ0) is 11.1. The monoisotopic (exact) mass is 254 g/mol. The highest BCUT2D eigenvalue weighted by molar-refractivity contribution is 7.18. The zero-order valence-electron chi connectivity index (χ0n) is 8.48. The van der Waals surface area contributed by atoms with Crippen LogP contribution in [-0.2, 0) is 0 Å². The minimum absolute atomic E-state index is 0.186. The van der Waals surface area contributed by atoms with Crippen molar-refractivity contribution < 1.29 is 5.11 Å². The van der Waals surface area contributed by atoms with Crippen LogP contribution in [0.1, 0.15) is 17.5 Å². The van der Waals surface area contributed by atoms with Gasteiger partial charge in [0.05, 0.1) is 22.4 Å². The lowest BCUT2D eigenvalue weighted by atomic mass is 10.2. The van der Waals surface area contributed by atoms with Crippen LogP contribution in [0.2, 0.25) is 5.02 Å². The quantitative estimate of drug-likeness (QED) is 0.821. The Morgan fingerprint density at radius 3 is 3.12 bits per heavy atom. The minimum atomic E-state index is -0.249. The number of nitrogens with zero attached hydrogens (tertiary/aromatic N) is 1. The summed E-state index contributed by atoms with van der Waals surface area (Å²) in [6.45, 7) is 0.654. The zero-order valence-corrected chi connectivity index (χ0v) is 10.1. The van der Waals surface area contributed by atoms with E-state index in [2.05, 4.69) is 10.3 Å². The van der Waals surface area contributed by atoms with E-state index < -0.39 is 0 Å². The molecular weight excluding hydrogens is 244 g/mol. The fourth-order valence-electron chi connectivity index (χ4n) is 1.97. The first-order valence-electron chi connectivity index (χ1n) is 5.20. The van der Waals surface area contributed by atoms with Crippen molar-refractivity contribution in [1.29, 1.82) is 0 Å². The van der Waals surface area contributed by atoms with Gasteiger partial charge in [-0.3, -0.25) is 0 Å². The Labute approximate surface area is 102 Å². The largest absolute Gasteiger partial charge is 0.392 e. The van der Waals surface area contributed by atoms with Gasteiger partial charge < -0.3 is 10.4 Å². The summed E-state index contributed by atoms with van der Waals surface area (Å²) in [6.07, 6.45) is 0.494. The Morgan fingerprint density at radius 2 is 2.38 bits per heavy atom. The lowest BCUT2D eigenvalue weighted by Gasteiger charge is -2.03. The van der Waals surface area contributed by atoms with E-state index in [1.165, 1.54) is 0 Å². The van der Waals surface area contributed by atoms with Gasteiger partial charge in [-0.25, -0.2) is 4.98 Å². The lowest BCUT2D eigenvalue weighted by Crippen LogP contribution is -2.14. The Balaban J connectivity index is 1.99. The van der Waals surface area contributed by atoms with Crippen LogP contribution in [0.25, 0.3) is 10.2 Å². The van der Waals surface area contributed by atoms with Crippen molar-refractivity contribution >= 4 is 33.2 Å². The standard InChI is InChI=1S/C11H11ClN2OS/c12-6-1-2-10-8(3-6)14-11(16-10)9-4-7(15)5-13-9/h1-3,7,9,13,15H,4-5H2. The molecule has 1 aliphatic rings. The van der Waals surface area contributed by atoms with Gasteiger partial charge in [0.15, 0.2) is 0 Å². The highest BCUT2D eigenvalue weighted by atomic mass is 35.5. The Hall–Kier alpha value is -0.680. The summed E-state index contributed by atoms with van der Waals surface area (Å²) < 4.78 is 1.14. The number of hydrogen-bond acceptors (Lipinski definition) is 4. The molecule has 2 unspecified atom stereocenters. The van der Waals surface area contributed by atoms with E-state index in [1.807, 2.05) is 18.2 Å². The smallest absolute Gasteiger partial charge is 0.111 e. The normalized spacial score (nSPS) is 25.4. The second kappa shape index (κ2) is 3.96. The molecule has 1 aromatic carbocycles. The molecule has 1 saturated heterocycles. The third kappa shape index (κ3) is 1.82. The van der Waals surface area contributed by atoms with Crippen LogP contribution in [0.3, 0.4) is 0 Å². The minimum Gasteiger partial charge on any atom is -0.392 e. The Morgan fingerprint density at radius 1 is 1.50 bits per heavy atom. The average Bonchev–Trinajstić information content (AvgIpc) is 2.83. The topological polar surface area (TPSA) is 45.1 Å². The molecule has 1 fully saturated rings. The molecule has 0 amide bonds. The molecule has 84 valence electrons. The molecule has 2 atom stereocenters. The number of rotatable bonds is 1. The highest BCUT2D eigenvalue weighted by Gasteiger charge is 2.25. The average molecular weight is 255 g/mol. The summed E-state index contributed by atoms with van der Waals surface area (Å²) in [7, 11) is 0. The summed E-state index contributed by atoms with van der Waals surface area (Å²) in [6, 6.07) is 5.93. The molecule has 1 aromatic heterocycles. The summed E-state index contributed by atoms with van der Waals surface area (Å²) >= 11 is 7.58. The second-order valence-electron chi connectivity index (χ2n) is 4.01. The first-order chi connectivity index (χ1) is 7.72. The SMILES string of the molecule is OC1CNC(c2nc3cc(Cl)ccc3s2)C1. The third-order valence-corrected chi connectivity index (χ3v) is 4.16. The van der Waals surface area contributed by atoms with Gasteiger partial charge in [-0.2, -0.15) is 0 Å². The molecule has 2 N–H and O–H groups in total. The number of thiazole rings is 1. The first kappa shape index (κ1) is 10.5. The molecule has 0 radical (unpaired) electrons. The molecule has 0 spiro atoms. The predicted molar refractivity (Wildman–Crippen MR) is 66.0 cm³/mol. The van der Waals surface area contributed by atoms with E-state index >= 15 is 0 Å². The fourth-order valence-corrected chi connectivity index (χ4v) is 3.18. The predicted octanol–water partition coefficient (Wildman–Crippen LogP) is 2.34. The molecule has 0 bridgehead atoms. The van der Waals surface area contributed by atoms with E-state index in [-0.39, 0.29) is 12.1 Å². The summed E-state index contributed by atoms with van der Waals surface area (Å²) in [5.74, 6) is 0. The number of benzene rings is 1. The van der Waals surface area contributed by atoms with Crippen LogP contribution in [0.4, 0.5) is 0 Å². The molecule has 2 aromatic rings. The lowest BCUT2D eigenvalue weighted by molar-refractivity contribution is 0.193. The highest BCUT2D eigenvalue weighted by Crippen LogP contribution is 2.31. The van der Waals surface area contributed by atoms with E-state index in [1.54, 1.807) is 11.3 Å². The van der Waals surface area contributed by atoms with Gasteiger partial charge in [0.1, 0.15) is 5.01 Å². The first-order valence-corrected chi connectivity index (χ1v) is 6.39. The number of hydrogen-bond donors (Lipinski definition) is 2. The summed E-state index contributed by atoms with van der Waals surface area (Å²) in [4.78, 5) is 4.55. The van der Waals surface area contributed by atoms with Crippen LogP contribution >= 0.6 is 22.9 Å². The van der Waals surface area contributed by atoms with Crippen molar-refractivity contribution in [3.05, 3.63) is 28.2 Å². The summed E-state index contributed by atoms with van der Waals surface area (Å²) in [5, 5.41) is 14.5. The van der Waals surface area contributed by atoms with Gasteiger partial charge in [0.25, 0.3) is 0 Å². The molecule has 3 rings (SSSR count). The molecule has 1 aliphatic heterocycles. The fraction of sp³-hybridized carbons (Fsp3) is 0.364. The van der Waals surface area contributed by atoms with Crippen molar-refractivity contribution in [3.63, 3.8) is 0 Å². The number of aliphatic hydroxyl groups excluding tert-OH is 1. The molecule has 5 heteroatoms. The molecule has 16 heavy (non-hydrogen) atoms. The van der Waals surface area contributed by atoms with Gasteiger partial charge >= 0.3 is 0 Å². The van der Waals surface area contributed by atoms with Gasteiger partial charge in [0, 0.05) is 11.6 Å². The van der Waals surface area contributed by atoms with E-state index in [9.17, 15) is 5.11 Å². The van der Waals surface area contributed by atoms with Gasteiger partial charge in [0.2, 0.25) is 0 Å². The van der Waals surface area contributed by atoms with Crippen molar-refractivity contribution in [3.8, 4) is 0 Å². The van der Waals surface area contributed by atoms with Crippen molar-refractivity contribution in [2.45, 2.75) is 18.6 Å². The van der Waals surface area contributed by atoms with E-state index in [0.29, 0.717) is 11.6 Å². The molecule has 0 aliphatic carbocycles. The number of fused-ring (bicyclic) bond motifs is 1. The van der Waals surface area contributed by atoms with Crippen LogP contribution in [0, 0.1) is 0 Å².